The molecule has 3 atom stereocenters. The van der Waals surface area contributed by atoms with Crippen LogP contribution in [0.15, 0.2) is 0 Å². The van der Waals surface area contributed by atoms with Gasteiger partial charge in [0.1, 0.15) is 0 Å². The highest BCUT2D eigenvalue weighted by atomic mass is 16.7. The molecule has 0 bridgehead atoms. The maximum absolute atomic E-state index is 11.4. The highest BCUT2D eigenvalue weighted by Crippen LogP contribution is 2.17. The predicted molar refractivity (Wildman–Crippen MR) is 65.5 cm³/mol. The van der Waals surface area contributed by atoms with E-state index in [1.54, 1.807) is 0 Å². The van der Waals surface area contributed by atoms with Crippen LogP contribution in [0, 0.1) is 5.92 Å². The molecule has 0 aromatic rings. The summed E-state index contributed by atoms with van der Waals surface area (Å²) in [5.74, 6) is -0.435. The Morgan fingerprint density at radius 2 is 2.17 bits per heavy atom. The Morgan fingerprint density at radius 3 is 2.67 bits per heavy atom. The third-order valence-corrected chi connectivity index (χ3v) is 2.79. The van der Waals surface area contributed by atoms with Crippen LogP contribution in [0.3, 0.4) is 0 Å². The Labute approximate surface area is 107 Å². The number of amides is 1. The van der Waals surface area contributed by atoms with Crippen molar-refractivity contribution in [1.82, 2.24) is 5.32 Å². The molecule has 1 aliphatic heterocycles. The molecule has 6 heteroatoms. The summed E-state index contributed by atoms with van der Waals surface area (Å²) in [6.45, 7) is 5.87. The zero-order chi connectivity index (χ0) is 13.7. The van der Waals surface area contributed by atoms with Crippen molar-refractivity contribution in [2.75, 3.05) is 6.61 Å². The fraction of sp³-hybridized carbons (Fsp3) is 0.833. The van der Waals surface area contributed by atoms with Crippen LogP contribution in [0.5, 0.6) is 0 Å². The van der Waals surface area contributed by atoms with Gasteiger partial charge in [-0.3, -0.25) is 14.9 Å². The molecule has 1 amide bonds. The summed E-state index contributed by atoms with van der Waals surface area (Å²) < 4.78 is 10.3. The molecular weight excluding hydrogens is 236 g/mol. The van der Waals surface area contributed by atoms with Gasteiger partial charge in [0.2, 0.25) is 12.2 Å². The summed E-state index contributed by atoms with van der Waals surface area (Å²) in [5.41, 5.74) is 5.36. The first kappa shape index (κ1) is 14.9. The van der Waals surface area contributed by atoms with Gasteiger partial charge in [-0.05, 0) is 18.8 Å². The van der Waals surface area contributed by atoms with E-state index >= 15 is 0 Å². The molecule has 18 heavy (non-hydrogen) atoms. The maximum atomic E-state index is 11.4. The summed E-state index contributed by atoms with van der Waals surface area (Å²) in [6, 6.07) is -0.597. The van der Waals surface area contributed by atoms with Gasteiger partial charge in [-0.1, -0.05) is 13.8 Å². The number of esters is 1. The third-order valence-electron chi connectivity index (χ3n) is 2.79. The standard InChI is InChI=1S/C12H22N2O4/c1-7(2)6-10(11(13)16)14-9-4-5-17-12(9)18-8(3)15/h7,9-10,12,14H,4-6H2,1-3H3,(H2,13,16)/t9-,10-,12?/m0/s1. The van der Waals surface area contributed by atoms with E-state index in [0.717, 1.165) is 0 Å². The van der Waals surface area contributed by atoms with Crippen LogP contribution in [-0.2, 0) is 19.1 Å². The summed E-state index contributed by atoms with van der Waals surface area (Å²) in [5, 5.41) is 3.13. The largest absolute Gasteiger partial charge is 0.434 e. The SMILES string of the molecule is CC(=O)OC1OCC[C@@H]1N[C@@H](CC(C)C)C(N)=O. The molecule has 1 saturated heterocycles. The number of primary amides is 1. The number of hydrogen-bond acceptors (Lipinski definition) is 5. The van der Waals surface area contributed by atoms with Crippen LogP contribution in [-0.4, -0.2) is 36.9 Å². The first-order valence-corrected chi connectivity index (χ1v) is 6.24. The lowest BCUT2D eigenvalue weighted by molar-refractivity contribution is -0.170. The second-order valence-electron chi connectivity index (χ2n) is 4.99. The van der Waals surface area contributed by atoms with E-state index in [0.29, 0.717) is 25.4 Å². The van der Waals surface area contributed by atoms with E-state index in [1.165, 1.54) is 6.92 Å². The van der Waals surface area contributed by atoms with Crippen LogP contribution in [0.1, 0.15) is 33.6 Å². The monoisotopic (exact) mass is 258 g/mol. The first-order valence-electron chi connectivity index (χ1n) is 6.24. The minimum Gasteiger partial charge on any atom is -0.434 e. The number of carbonyl (C=O) groups is 2. The number of hydrogen-bond donors (Lipinski definition) is 2. The van der Waals surface area contributed by atoms with Gasteiger partial charge in [0, 0.05) is 6.92 Å². The molecule has 3 N–H and O–H groups in total. The lowest BCUT2D eigenvalue weighted by Gasteiger charge is -2.24. The molecule has 0 radical (unpaired) electrons. The highest BCUT2D eigenvalue weighted by Gasteiger charge is 2.33. The van der Waals surface area contributed by atoms with Gasteiger partial charge in [0.05, 0.1) is 18.7 Å². The molecule has 0 aromatic carbocycles. The zero-order valence-corrected chi connectivity index (χ0v) is 11.1. The molecule has 0 spiro atoms. The molecule has 0 aliphatic carbocycles. The van der Waals surface area contributed by atoms with E-state index in [-0.39, 0.29) is 6.04 Å². The zero-order valence-electron chi connectivity index (χ0n) is 11.1. The van der Waals surface area contributed by atoms with Gasteiger partial charge in [-0.15, -0.1) is 0 Å². The molecular formula is C12H22N2O4. The average molecular weight is 258 g/mol. The summed E-state index contributed by atoms with van der Waals surface area (Å²) in [6.07, 6.45) is 0.717. The molecule has 1 unspecified atom stereocenters. The minimum atomic E-state index is -0.628. The molecule has 0 saturated carbocycles. The van der Waals surface area contributed by atoms with Gasteiger partial charge in [-0.25, -0.2) is 0 Å². The quantitative estimate of drug-likeness (QED) is 0.662. The number of rotatable bonds is 6. The molecule has 6 nitrogen and oxygen atoms in total. The summed E-state index contributed by atoms with van der Waals surface area (Å²) in [7, 11) is 0. The predicted octanol–water partition coefficient (Wildman–Crippen LogP) is 0.154. The second kappa shape index (κ2) is 6.70. The molecule has 1 heterocycles. The maximum Gasteiger partial charge on any atom is 0.304 e. The number of ether oxygens (including phenoxy) is 2. The van der Waals surface area contributed by atoms with Crippen LogP contribution < -0.4 is 11.1 Å². The van der Waals surface area contributed by atoms with E-state index in [4.69, 9.17) is 15.2 Å². The van der Waals surface area contributed by atoms with Crippen LogP contribution >= 0.6 is 0 Å². The van der Waals surface area contributed by atoms with Gasteiger partial charge < -0.3 is 15.2 Å². The van der Waals surface area contributed by atoms with Crippen molar-refractivity contribution < 1.29 is 19.1 Å². The molecule has 1 fully saturated rings. The molecule has 1 rings (SSSR count). The normalized spacial score (nSPS) is 25.1. The van der Waals surface area contributed by atoms with Gasteiger partial charge >= 0.3 is 5.97 Å². The number of nitrogens with two attached hydrogens (primary N) is 1. The van der Waals surface area contributed by atoms with Crippen molar-refractivity contribution in [2.24, 2.45) is 11.7 Å². The van der Waals surface area contributed by atoms with Crippen LogP contribution in [0.4, 0.5) is 0 Å². The van der Waals surface area contributed by atoms with Crippen LogP contribution in [0.25, 0.3) is 0 Å². The smallest absolute Gasteiger partial charge is 0.304 e. The van der Waals surface area contributed by atoms with Crippen molar-refractivity contribution in [2.45, 2.75) is 52.0 Å². The van der Waals surface area contributed by atoms with Crippen LogP contribution in [0.2, 0.25) is 0 Å². The van der Waals surface area contributed by atoms with Gasteiger partial charge in [0.25, 0.3) is 0 Å². The van der Waals surface area contributed by atoms with E-state index in [1.807, 2.05) is 13.8 Å². The number of nitrogens with one attached hydrogen (secondary N) is 1. The van der Waals surface area contributed by atoms with Gasteiger partial charge in [0.15, 0.2) is 0 Å². The Morgan fingerprint density at radius 1 is 1.50 bits per heavy atom. The topological polar surface area (TPSA) is 90.7 Å². The highest BCUT2D eigenvalue weighted by molar-refractivity contribution is 5.79. The molecule has 0 aromatic heterocycles. The van der Waals surface area contributed by atoms with E-state index < -0.39 is 24.2 Å². The Bertz CT molecular complexity index is 306. The van der Waals surface area contributed by atoms with Gasteiger partial charge in [-0.2, -0.15) is 0 Å². The summed E-state index contributed by atoms with van der Waals surface area (Å²) in [4.78, 5) is 22.3. The van der Waals surface area contributed by atoms with Crippen molar-refractivity contribution >= 4 is 11.9 Å². The van der Waals surface area contributed by atoms with Crippen molar-refractivity contribution in [1.29, 1.82) is 0 Å². The fourth-order valence-corrected chi connectivity index (χ4v) is 2.00. The minimum absolute atomic E-state index is 0.176. The third kappa shape index (κ3) is 4.62. The molecule has 104 valence electrons. The second-order valence-corrected chi connectivity index (χ2v) is 4.99. The Kier molecular flexibility index (Phi) is 5.55. The van der Waals surface area contributed by atoms with E-state index in [9.17, 15) is 9.59 Å². The fourth-order valence-electron chi connectivity index (χ4n) is 2.00. The summed E-state index contributed by atoms with van der Waals surface area (Å²) >= 11 is 0. The lowest BCUT2D eigenvalue weighted by atomic mass is 10.0. The van der Waals surface area contributed by atoms with Crippen molar-refractivity contribution in [3.05, 3.63) is 0 Å². The van der Waals surface area contributed by atoms with Crippen molar-refractivity contribution in [3.63, 3.8) is 0 Å². The van der Waals surface area contributed by atoms with Crippen molar-refractivity contribution in [3.8, 4) is 0 Å². The Balaban J connectivity index is 2.56. The average Bonchev–Trinajstić information content (AvgIpc) is 2.63. The molecule has 1 aliphatic rings. The van der Waals surface area contributed by atoms with E-state index in [2.05, 4.69) is 5.32 Å². The first-order chi connectivity index (χ1) is 8.40. The number of carbonyl (C=O) groups excluding carboxylic acids is 2. The lowest BCUT2D eigenvalue weighted by Crippen LogP contribution is -2.50. The Hall–Kier alpha value is -1.14.